The van der Waals surface area contributed by atoms with Crippen molar-refractivity contribution in [3.63, 3.8) is 0 Å². The quantitative estimate of drug-likeness (QED) is 0.748. The van der Waals surface area contributed by atoms with E-state index in [0.29, 0.717) is 43.0 Å². The molecule has 1 heterocycles. The Labute approximate surface area is 148 Å². The van der Waals surface area contributed by atoms with Gasteiger partial charge in [0.25, 0.3) is 5.91 Å². The van der Waals surface area contributed by atoms with Crippen molar-refractivity contribution in [1.82, 2.24) is 9.80 Å². The van der Waals surface area contributed by atoms with E-state index in [4.69, 9.17) is 0 Å². The van der Waals surface area contributed by atoms with Gasteiger partial charge in [-0.2, -0.15) is 0 Å². The molecule has 2 aliphatic carbocycles. The Morgan fingerprint density at radius 2 is 1.68 bits per heavy atom. The summed E-state index contributed by atoms with van der Waals surface area (Å²) in [5.41, 5.74) is 1.58. The minimum Gasteiger partial charge on any atom is -0.333 e. The van der Waals surface area contributed by atoms with Crippen molar-refractivity contribution in [3.05, 3.63) is 35.4 Å². The molecule has 3 amide bonds. The zero-order valence-electron chi connectivity index (χ0n) is 14.6. The lowest BCUT2D eigenvalue weighted by molar-refractivity contribution is -0.139. The third-order valence-electron chi connectivity index (χ3n) is 5.61. The Morgan fingerprint density at radius 1 is 1.08 bits per heavy atom. The van der Waals surface area contributed by atoms with Gasteiger partial charge < -0.3 is 4.90 Å². The molecule has 0 bridgehead atoms. The average Bonchev–Trinajstić information content (AvgIpc) is 3.51. The van der Waals surface area contributed by atoms with E-state index in [-0.39, 0.29) is 17.7 Å². The van der Waals surface area contributed by atoms with Crippen LogP contribution in [-0.4, -0.2) is 39.6 Å². The van der Waals surface area contributed by atoms with Crippen LogP contribution in [0, 0.1) is 5.92 Å². The number of rotatable bonds is 6. The van der Waals surface area contributed by atoms with Crippen LogP contribution >= 0.6 is 0 Å². The molecule has 1 aliphatic heterocycles. The zero-order chi connectivity index (χ0) is 17.6. The van der Waals surface area contributed by atoms with Gasteiger partial charge in [0.15, 0.2) is 0 Å². The number of amides is 3. The van der Waals surface area contributed by atoms with Crippen LogP contribution in [-0.2, 0) is 16.1 Å². The van der Waals surface area contributed by atoms with Gasteiger partial charge in [-0.1, -0.05) is 12.1 Å². The highest BCUT2D eigenvalue weighted by Crippen LogP contribution is 2.40. The van der Waals surface area contributed by atoms with Crippen LogP contribution in [0.2, 0.25) is 0 Å². The predicted octanol–water partition coefficient (Wildman–Crippen LogP) is 2.74. The SMILES string of the molecule is CC(C1CC1)N(C(=O)c1ccc(CN2C(=O)CCC2=O)cc1)C1CC1. The second-order valence-corrected chi connectivity index (χ2v) is 7.59. The highest BCUT2D eigenvalue weighted by Gasteiger charge is 2.41. The standard InChI is InChI=1S/C20H24N2O3/c1-13(15-6-7-15)22(17-8-9-17)20(25)16-4-2-14(3-5-16)12-21-18(23)10-11-19(21)24/h2-5,13,15,17H,6-12H2,1H3. The normalized spacial score (nSPS) is 21.6. The Balaban J connectivity index is 1.46. The number of hydrogen-bond donors (Lipinski definition) is 0. The summed E-state index contributed by atoms with van der Waals surface area (Å²) in [7, 11) is 0. The van der Waals surface area contributed by atoms with E-state index in [2.05, 4.69) is 11.8 Å². The van der Waals surface area contributed by atoms with E-state index in [1.807, 2.05) is 24.3 Å². The van der Waals surface area contributed by atoms with E-state index in [1.165, 1.54) is 17.7 Å². The van der Waals surface area contributed by atoms with Gasteiger partial charge in [0.1, 0.15) is 0 Å². The Bertz CT molecular complexity index is 688. The first-order valence-corrected chi connectivity index (χ1v) is 9.29. The summed E-state index contributed by atoms with van der Waals surface area (Å²) >= 11 is 0. The Kier molecular flexibility index (Phi) is 4.10. The van der Waals surface area contributed by atoms with E-state index in [9.17, 15) is 14.4 Å². The summed E-state index contributed by atoms with van der Waals surface area (Å²) in [6.45, 7) is 2.48. The van der Waals surface area contributed by atoms with Crippen LogP contribution in [0.4, 0.5) is 0 Å². The fourth-order valence-electron chi connectivity index (χ4n) is 3.73. The molecular weight excluding hydrogens is 316 g/mol. The van der Waals surface area contributed by atoms with Crippen LogP contribution in [0.1, 0.15) is 61.4 Å². The lowest BCUT2D eigenvalue weighted by atomic mass is 10.1. The molecular formula is C20H24N2O3. The van der Waals surface area contributed by atoms with Gasteiger partial charge >= 0.3 is 0 Å². The van der Waals surface area contributed by atoms with Gasteiger partial charge in [-0.05, 0) is 56.2 Å². The van der Waals surface area contributed by atoms with Crippen LogP contribution < -0.4 is 0 Å². The van der Waals surface area contributed by atoms with E-state index in [0.717, 1.165) is 18.4 Å². The van der Waals surface area contributed by atoms with Crippen molar-refractivity contribution in [1.29, 1.82) is 0 Å². The molecule has 5 heteroatoms. The van der Waals surface area contributed by atoms with Crippen molar-refractivity contribution in [2.45, 2.75) is 64.1 Å². The first-order chi connectivity index (χ1) is 12.0. The lowest BCUT2D eigenvalue weighted by Crippen LogP contribution is -2.41. The molecule has 1 aromatic carbocycles. The fraction of sp³-hybridized carbons (Fsp3) is 0.550. The second-order valence-electron chi connectivity index (χ2n) is 7.59. The lowest BCUT2D eigenvalue weighted by Gasteiger charge is -2.29. The van der Waals surface area contributed by atoms with Crippen molar-refractivity contribution < 1.29 is 14.4 Å². The monoisotopic (exact) mass is 340 g/mol. The van der Waals surface area contributed by atoms with Crippen molar-refractivity contribution in [2.24, 2.45) is 5.92 Å². The first kappa shape index (κ1) is 16.3. The van der Waals surface area contributed by atoms with Gasteiger partial charge in [-0.3, -0.25) is 19.3 Å². The molecule has 3 fully saturated rings. The summed E-state index contributed by atoms with van der Waals surface area (Å²) in [5, 5.41) is 0. The highest BCUT2D eigenvalue weighted by atomic mass is 16.2. The van der Waals surface area contributed by atoms with Crippen molar-refractivity contribution >= 4 is 17.7 Å². The molecule has 4 rings (SSSR count). The number of hydrogen-bond acceptors (Lipinski definition) is 3. The summed E-state index contributed by atoms with van der Waals surface area (Å²) in [6, 6.07) is 8.11. The zero-order valence-corrected chi connectivity index (χ0v) is 14.6. The first-order valence-electron chi connectivity index (χ1n) is 9.29. The number of nitrogens with zero attached hydrogens (tertiary/aromatic N) is 2. The number of imide groups is 1. The van der Waals surface area contributed by atoms with Gasteiger partial charge in [-0.15, -0.1) is 0 Å². The molecule has 25 heavy (non-hydrogen) atoms. The van der Waals surface area contributed by atoms with E-state index < -0.39 is 0 Å². The topological polar surface area (TPSA) is 57.7 Å². The molecule has 0 radical (unpaired) electrons. The molecule has 0 aromatic heterocycles. The summed E-state index contributed by atoms with van der Waals surface area (Å²) in [5.74, 6) is 0.560. The summed E-state index contributed by atoms with van der Waals surface area (Å²) in [4.78, 5) is 39.8. The third kappa shape index (κ3) is 3.32. The Morgan fingerprint density at radius 3 is 2.20 bits per heavy atom. The number of likely N-dealkylation sites (tertiary alicyclic amines) is 1. The smallest absolute Gasteiger partial charge is 0.254 e. The molecule has 2 saturated carbocycles. The van der Waals surface area contributed by atoms with Gasteiger partial charge in [-0.25, -0.2) is 0 Å². The average molecular weight is 340 g/mol. The van der Waals surface area contributed by atoms with E-state index >= 15 is 0 Å². The molecule has 1 aromatic rings. The summed E-state index contributed by atoms with van der Waals surface area (Å²) in [6.07, 6.45) is 5.30. The molecule has 0 spiro atoms. The molecule has 1 atom stereocenters. The minimum atomic E-state index is -0.108. The van der Waals surface area contributed by atoms with Crippen LogP contribution in [0.5, 0.6) is 0 Å². The number of carbonyl (C=O) groups is 3. The molecule has 1 unspecified atom stereocenters. The molecule has 5 nitrogen and oxygen atoms in total. The maximum absolute atomic E-state index is 13.0. The van der Waals surface area contributed by atoms with Crippen molar-refractivity contribution in [2.75, 3.05) is 0 Å². The van der Waals surface area contributed by atoms with Gasteiger partial charge in [0.05, 0.1) is 6.54 Å². The van der Waals surface area contributed by atoms with Crippen LogP contribution in [0.3, 0.4) is 0 Å². The Hall–Kier alpha value is -2.17. The highest BCUT2D eigenvalue weighted by molar-refractivity contribution is 6.01. The summed E-state index contributed by atoms with van der Waals surface area (Å²) < 4.78 is 0. The van der Waals surface area contributed by atoms with Crippen LogP contribution in [0.15, 0.2) is 24.3 Å². The molecule has 132 valence electrons. The molecule has 0 N–H and O–H groups in total. The number of benzene rings is 1. The molecule has 1 saturated heterocycles. The second kappa shape index (κ2) is 6.28. The van der Waals surface area contributed by atoms with Gasteiger partial charge in [0, 0.05) is 30.5 Å². The maximum atomic E-state index is 13.0. The van der Waals surface area contributed by atoms with Crippen molar-refractivity contribution in [3.8, 4) is 0 Å². The van der Waals surface area contributed by atoms with E-state index in [1.54, 1.807) is 0 Å². The minimum absolute atomic E-state index is 0.108. The fourth-order valence-corrected chi connectivity index (χ4v) is 3.73. The predicted molar refractivity (Wildman–Crippen MR) is 92.6 cm³/mol. The maximum Gasteiger partial charge on any atom is 0.254 e. The number of carbonyl (C=O) groups excluding carboxylic acids is 3. The largest absolute Gasteiger partial charge is 0.333 e. The van der Waals surface area contributed by atoms with Crippen LogP contribution in [0.25, 0.3) is 0 Å². The third-order valence-corrected chi connectivity index (χ3v) is 5.61. The molecule has 3 aliphatic rings. The van der Waals surface area contributed by atoms with Gasteiger partial charge in [0.2, 0.25) is 11.8 Å².